The average molecular weight is 660 g/mol. The molecule has 8 nitrogen and oxygen atoms in total. The zero-order valence-corrected chi connectivity index (χ0v) is 27.4. The molecule has 0 bridgehead atoms. The molecule has 1 aliphatic heterocycles. The Kier molecular flexibility index (Phi) is 7.12. The third-order valence-electron chi connectivity index (χ3n) is 8.52. The molecule has 12 heteroatoms. The second kappa shape index (κ2) is 10.9. The number of phenols is 1. The number of hydrogen-bond donors (Lipinski definition) is 1. The Morgan fingerprint density at radius 2 is 1.79 bits per heavy atom. The molecule has 0 unspecified atom stereocenters. The first kappa shape index (κ1) is 30.8. The number of carbonyl (C=O) groups is 1. The molecule has 0 fully saturated rings. The van der Waals surface area contributed by atoms with Gasteiger partial charge in [-0.3, -0.25) is 9.58 Å². The van der Waals surface area contributed by atoms with Crippen molar-refractivity contribution in [2.24, 2.45) is 7.05 Å². The largest absolute Gasteiger partial charge is 0.507 e. The van der Waals surface area contributed by atoms with Crippen molar-refractivity contribution in [2.45, 2.75) is 52.3 Å². The van der Waals surface area contributed by atoms with Gasteiger partial charge in [0.15, 0.2) is 0 Å². The van der Waals surface area contributed by atoms with E-state index >= 15 is 8.78 Å². The molecule has 1 N–H and O–H groups in total. The molecule has 0 saturated heterocycles. The van der Waals surface area contributed by atoms with E-state index in [4.69, 9.17) is 14.8 Å². The number of aromatic hydroxyl groups is 1. The quantitative estimate of drug-likeness (QED) is 0.205. The molecule has 2 atom stereocenters. The van der Waals surface area contributed by atoms with Crippen LogP contribution in [-0.4, -0.2) is 47.6 Å². The molecule has 47 heavy (non-hydrogen) atoms. The van der Waals surface area contributed by atoms with Crippen molar-refractivity contribution >= 4 is 38.4 Å². The van der Waals surface area contributed by atoms with Crippen LogP contribution < -0.4 is 0 Å². The molecule has 4 aromatic heterocycles. The summed E-state index contributed by atoms with van der Waals surface area (Å²) in [6.45, 7) is 9.49. The molecule has 242 valence electrons. The van der Waals surface area contributed by atoms with E-state index in [1.54, 1.807) is 36.4 Å². The molecule has 0 saturated carbocycles. The molecule has 1 aliphatic rings. The van der Waals surface area contributed by atoms with E-state index in [0.717, 1.165) is 28.3 Å². The molecule has 0 spiro atoms. The normalized spacial score (nSPS) is 16.7. The number of amides is 1. The second-order valence-corrected chi connectivity index (χ2v) is 13.9. The third-order valence-corrected chi connectivity index (χ3v) is 9.48. The minimum absolute atomic E-state index is 0.0337. The number of pyridine rings is 1. The monoisotopic (exact) mass is 659 g/mol. The lowest BCUT2D eigenvalue weighted by Gasteiger charge is -2.38. The van der Waals surface area contributed by atoms with Crippen molar-refractivity contribution in [3.05, 3.63) is 77.2 Å². The standard InChI is InChI=1S/C35H32F3N5O3S/c1-17-15-42(34(45)46-35(3,4)5)18(2)26-14-24(40-43(17)26)32-30(28-22(37)12-21(36)13-27(28)44)29-23(38)16-47-33(29)31(39-32)20-7-8-25-19(11-20)9-10-41(25)6/h7-14,16-18,44H,15H2,1-6H3/t17-,18+/m0/s1. The van der Waals surface area contributed by atoms with Gasteiger partial charge < -0.3 is 14.4 Å². The highest BCUT2D eigenvalue weighted by atomic mass is 32.1. The molecule has 2 aromatic carbocycles. The van der Waals surface area contributed by atoms with Crippen LogP contribution in [0.15, 0.2) is 54.0 Å². The van der Waals surface area contributed by atoms with Gasteiger partial charge in [-0.2, -0.15) is 5.10 Å². The summed E-state index contributed by atoms with van der Waals surface area (Å²) in [4.78, 5) is 19.8. The van der Waals surface area contributed by atoms with Crippen LogP contribution in [0, 0.1) is 17.5 Å². The first-order valence-electron chi connectivity index (χ1n) is 15.2. The molecule has 0 radical (unpaired) electrons. The minimum Gasteiger partial charge on any atom is -0.507 e. The third kappa shape index (κ3) is 5.11. The Labute approximate surface area is 272 Å². The van der Waals surface area contributed by atoms with Gasteiger partial charge in [0.1, 0.15) is 40.2 Å². The summed E-state index contributed by atoms with van der Waals surface area (Å²) in [5.41, 5.74) is 2.07. The number of carbonyl (C=O) groups excluding carboxylic acids is 1. The van der Waals surface area contributed by atoms with E-state index in [1.807, 2.05) is 55.9 Å². The topological polar surface area (TPSA) is 85.4 Å². The van der Waals surface area contributed by atoms with Gasteiger partial charge in [-0.25, -0.2) is 22.9 Å². The zero-order valence-electron chi connectivity index (χ0n) is 26.6. The first-order chi connectivity index (χ1) is 22.2. The fourth-order valence-electron chi connectivity index (χ4n) is 6.36. The van der Waals surface area contributed by atoms with Crippen molar-refractivity contribution in [1.82, 2.24) is 24.2 Å². The van der Waals surface area contributed by atoms with Gasteiger partial charge >= 0.3 is 6.09 Å². The summed E-state index contributed by atoms with van der Waals surface area (Å²) < 4.78 is 55.6. The lowest BCUT2D eigenvalue weighted by molar-refractivity contribution is 0.00865. The zero-order chi connectivity index (χ0) is 33.5. The molecular weight excluding hydrogens is 627 g/mol. The number of aryl methyl sites for hydroxylation is 1. The summed E-state index contributed by atoms with van der Waals surface area (Å²) in [5.74, 6) is -3.39. The van der Waals surface area contributed by atoms with Gasteiger partial charge in [0.05, 0.1) is 33.7 Å². The number of nitrogens with zero attached hydrogens (tertiary/aromatic N) is 5. The fourth-order valence-corrected chi connectivity index (χ4v) is 7.30. The number of phenolic OH excluding ortho intramolecular Hbond substituents is 1. The molecular formula is C35H32F3N5O3S. The number of rotatable bonds is 3. The average Bonchev–Trinajstić information content (AvgIpc) is 3.71. The van der Waals surface area contributed by atoms with Crippen LogP contribution in [0.4, 0.5) is 18.0 Å². The number of thiophene rings is 1. The SMILES string of the molecule is C[C@@H]1c2cc(-c3nc(-c4ccc5c(ccn5C)c4)c4scc(F)c4c3-c3c(O)cc(F)cc3F)nn2[C@@H](C)CN1C(=O)OC(C)(C)C. The van der Waals surface area contributed by atoms with E-state index in [1.165, 1.54) is 5.38 Å². The van der Waals surface area contributed by atoms with E-state index in [-0.39, 0.29) is 33.9 Å². The Hall–Kier alpha value is -4.84. The van der Waals surface area contributed by atoms with Crippen LogP contribution in [-0.2, 0) is 11.8 Å². The number of aromatic nitrogens is 4. The molecule has 5 heterocycles. The Morgan fingerprint density at radius 3 is 2.51 bits per heavy atom. The van der Waals surface area contributed by atoms with Gasteiger partial charge in [0.2, 0.25) is 0 Å². The van der Waals surface area contributed by atoms with Crippen LogP contribution in [0.1, 0.15) is 52.4 Å². The summed E-state index contributed by atoms with van der Waals surface area (Å²) >= 11 is 1.11. The summed E-state index contributed by atoms with van der Waals surface area (Å²) in [6.07, 6.45) is 1.47. The molecule has 1 amide bonds. The predicted octanol–water partition coefficient (Wildman–Crippen LogP) is 8.98. The lowest BCUT2D eigenvalue weighted by atomic mass is 9.94. The second-order valence-electron chi connectivity index (χ2n) is 13.0. The number of benzene rings is 2. The fraction of sp³-hybridized carbons (Fsp3) is 0.286. The minimum atomic E-state index is -1.07. The number of ether oxygens (including phenoxy) is 1. The highest BCUT2D eigenvalue weighted by Gasteiger charge is 2.37. The van der Waals surface area contributed by atoms with E-state index in [9.17, 15) is 14.3 Å². The van der Waals surface area contributed by atoms with Crippen LogP contribution in [0.2, 0.25) is 0 Å². The van der Waals surface area contributed by atoms with Gasteiger partial charge in [-0.05, 0) is 58.9 Å². The summed E-state index contributed by atoms with van der Waals surface area (Å²) in [5, 5.41) is 18.1. The van der Waals surface area contributed by atoms with Crippen molar-refractivity contribution < 1.29 is 27.8 Å². The molecule has 0 aliphatic carbocycles. The highest BCUT2D eigenvalue weighted by Crippen LogP contribution is 2.48. The number of halogens is 3. The van der Waals surface area contributed by atoms with Crippen molar-refractivity contribution in [1.29, 1.82) is 0 Å². The van der Waals surface area contributed by atoms with Gasteiger partial charge in [-0.1, -0.05) is 6.07 Å². The van der Waals surface area contributed by atoms with E-state index in [2.05, 4.69) is 0 Å². The Morgan fingerprint density at radius 1 is 1.02 bits per heavy atom. The maximum absolute atomic E-state index is 15.9. The summed E-state index contributed by atoms with van der Waals surface area (Å²) in [6, 6.07) is 10.2. The lowest BCUT2D eigenvalue weighted by Crippen LogP contribution is -2.45. The van der Waals surface area contributed by atoms with Crippen LogP contribution in [0.3, 0.4) is 0 Å². The van der Waals surface area contributed by atoms with Gasteiger partial charge in [0, 0.05) is 64.7 Å². The number of fused-ring (bicyclic) bond motifs is 3. The van der Waals surface area contributed by atoms with Crippen molar-refractivity contribution in [3.63, 3.8) is 0 Å². The van der Waals surface area contributed by atoms with Crippen molar-refractivity contribution in [3.8, 4) is 39.5 Å². The summed E-state index contributed by atoms with van der Waals surface area (Å²) in [7, 11) is 1.94. The highest BCUT2D eigenvalue weighted by molar-refractivity contribution is 7.17. The first-order valence-corrected chi connectivity index (χ1v) is 16.0. The van der Waals surface area contributed by atoms with Crippen LogP contribution in [0.5, 0.6) is 5.75 Å². The van der Waals surface area contributed by atoms with Crippen molar-refractivity contribution in [2.75, 3.05) is 6.54 Å². The Balaban J connectivity index is 1.49. The maximum Gasteiger partial charge on any atom is 0.410 e. The van der Waals surface area contributed by atoms with Crippen LogP contribution in [0.25, 0.3) is 54.8 Å². The molecule has 7 rings (SSSR count). The maximum atomic E-state index is 15.9. The smallest absolute Gasteiger partial charge is 0.410 e. The number of hydrogen-bond acceptors (Lipinski definition) is 6. The predicted molar refractivity (Wildman–Crippen MR) is 176 cm³/mol. The molecule has 6 aromatic rings. The van der Waals surface area contributed by atoms with Gasteiger partial charge in [-0.15, -0.1) is 11.3 Å². The van der Waals surface area contributed by atoms with E-state index < -0.39 is 40.9 Å². The van der Waals surface area contributed by atoms with E-state index in [0.29, 0.717) is 34.3 Å². The van der Waals surface area contributed by atoms with Gasteiger partial charge in [0.25, 0.3) is 0 Å². The Bertz CT molecular complexity index is 2210. The van der Waals surface area contributed by atoms with Crippen LogP contribution >= 0.6 is 11.3 Å².